The lowest BCUT2D eigenvalue weighted by Gasteiger charge is -2.05. The molecule has 0 aliphatic carbocycles. The van der Waals surface area contributed by atoms with Gasteiger partial charge < -0.3 is 10.3 Å². The van der Waals surface area contributed by atoms with Gasteiger partial charge in [0.1, 0.15) is 5.82 Å². The van der Waals surface area contributed by atoms with Crippen molar-refractivity contribution in [1.29, 1.82) is 0 Å². The summed E-state index contributed by atoms with van der Waals surface area (Å²) in [5.74, 6) is 1.78. The average Bonchev–Trinajstić information content (AvgIpc) is 2.39. The van der Waals surface area contributed by atoms with Gasteiger partial charge in [-0.25, -0.2) is 4.98 Å². The van der Waals surface area contributed by atoms with E-state index in [1.54, 1.807) is 0 Å². The van der Waals surface area contributed by atoms with Crippen LogP contribution in [-0.2, 0) is 20.0 Å². The number of aryl methyl sites for hydroxylation is 2. The molecule has 0 amide bonds. The maximum atomic E-state index is 5.71. The molecule has 3 nitrogen and oxygen atoms in total. The zero-order valence-electron chi connectivity index (χ0n) is 9.67. The van der Waals surface area contributed by atoms with E-state index in [9.17, 15) is 0 Å². The van der Waals surface area contributed by atoms with Crippen LogP contribution in [0.3, 0.4) is 0 Å². The van der Waals surface area contributed by atoms with E-state index in [1.165, 1.54) is 17.8 Å². The molecule has 1 aromatic heterocycles. The highest BCUT2D eigenvalue weighted by molar-refractivity contribution is 5.16. The number of hydrogen-bond acceptors (Lipinski definition) is 2. The maximum Gasteiger partial charge on any atom is 0.105 e. The third kappa shape index (κ3) is 2.35. The van der Waals surface area contributed by atoms with Gasteiger partial charge in [-0.2, -0.15) is 0 Å². The Balaban J connectivity index is 2.80. The average molecular weight is 195 g/mol. The number of nitrogens with two attached hydrogens (primary N) is 1. The molecule has 1 rings (SSSR count). The fraction of sp³-hybridized carbons (Fsp3) is 0.727. The molecule has 1 heterocycles. The highest BCUT2D eigenvalue weighted by Crippen LogP contribution is 2.14. The van der Waals surface area contributed by atoms with E-state index in [0.29, 0.717) is 6.54 Å². The molecule has 0 bridgehead atoms. The third-order valence-corrected chi connectivity index (χ3v) is 2.67. The van der Waals surface area contributed by atoms with Crippen LogP contribution in [0.5, 0.6) is 0 Å². The zero-order valence-corrected chi connectivity index (χ0v) is 9.67. The van der Waals surface area contributed by atoms with Gasteiger partial charge >= 0.3 is 0 Å². The van der Waals surface area contributed by atoms with Crippen LogP contribution in [0, 0.1) is 12.8 Å². The number of nitrogens with zero attached hydrogens (tertiary/aromatic N) is 2. The van der Waals surface area contributed by atoms with Gasteiger partial charge in [0.05, 0.1) is 11.4 Å². The second-order valence-corrected chi connectivity index (χ2v) is 4.25. The molecule has 0 atom stereocenters. The molecule has 0 aromatic carbocycles. The zero-order chi connectivity index (χ0) is 10.7. The minimum absolute atomic E-state index is 0.588. The van der Waals surface area contributed by atoms with E-state index in [0.717, 1.165) is 18.2 Å². The number of imidazole rings is 1. The Morgan fingerprint density at radius 1 is 1.43 bits per heavy atom. The second kappa shape index (κ2) is 4.60. The summed E-state index contributed by atoms with van der Waals surface area (Å²) in [7, 11) is 2.03. The van der Waals surface area contributed by atoms with Gasteiger partial charge in [0.25, 0.3) is 0 Å². The SMILES string of the molecule is Cc1nc(CCC(C)C)c(CN)n1C. The molecule has 14 heavy (non-hydrogen) atoms. The Kier molecular flexibility index (Phi) is 3.69. The summed E-state index contributed by atoms with van der Waals surface area (Å²) in [5, 5.41) is 0. The van der Waals surface area contributed by atoms with Gasteiger partial charge in [-0.05, 0) is 25.7 Å². The second-order valence-electron chi connectivity index (χ2n) is 4.25. The normalized spacial score (nSPS) is 11.3. The van der Waals surface area contributed by atoms with Crippen LogP contribution in [0.1, 0.15) is 37.5 Å². The molecule has 0 spiro atoms. The fourth-order valence-corrected chi connectivity index (χ4v) is 1.60. The smallest absolute Gasteiger partial charge is 0.105 e. The molecular weight excluding hydrogens is 174 g/mol. The first kappa shape index (κ1) is 11.2. The monoisotopic (exact) mass is 195 g/mol. The molecule has 0 aliphatic rings. The molecule has 0 aliphatic heterocycles. The van der Waals surface area contributed by atoms with Gasteiger partial charge in [-0.3, -0.25) is 0 Å². The first-order valence-electron chi connectivity index (χ1n) is 5.27. The summed E-state index contributed by atoms with van der Waals surface area (Å²) in [6.45, 7) is 7.08. The number of hydrogen-bond donors (Lipinski definition) is 1. The lowest BCUT2D eigenvalue weighted by molar-refractivity contribution is 0.579. The van der Waals surface area contributed by atoms with Crippen molar-refractivity contribution in [2.45, 2.75) is 40.2 Å². The predicted molar refractivity (Wildman–Crippen MR) is 59.0 cm³/mol. The van der Waals surface area contributed by atoms with Crippen LogP contribution < -0.4 is 5.73 Å². The quantitative estimate of drug-likeness (QED) is 0.795. The molecule has 0 saturated heterocycles. The highest BCUT2D eigenvalue weighted by Gasteiger charge is 2.10. The maximum absolute atomic E-state index is 5.71. The summed E-state index contributed by atoms with van der Waals surface area (Å²) >= 11 is 0. The Hall–Kier alpha value is -0.830. The minimum Gasteiger partial charge on any atom is -0.334 e. The third-order valence-electron chi connectivity index (χ3n) is 2.67. The molecule has 2 N–H and O–H groups in total. The Morgan fingerprint density at radius 3 is 2.57 bits per heavy atom. The van der Waals surface area contributed by atoms with Crippen molar-refractivity contribution in [2.75, 3.05) is 0 Å². The van der Waals surface area contributed by atoms with Crippen molar-refractivity contribution in [1.82, 2.24) is 9.55 Å². The van der Waals surface area contributed by atoms with Crippen molar-refractivity contribution in [3.05, 3.63) is 17.2 Å². The first-order valence-corrected chi connectivity index (χ1v) is 5.27. The standard InChI is InChI=1S/C11H21N3/c1-8(2)5-6-10-11(7-12)14(4)9(3)13-10/h8H,5-7,12H2,1-4H3. The molecule has 0 unspecified atom stereocenters. The van der Waals surface area contributed by atoms with E-state index in [4.69, 9.17) is 5.73 Å². The molecule has 0 radical (unpaired) electrons. The molecule has 0 fully saturated rings. The van der Waals surface area contributed by atoms with E-state index in [1.807, 2.05) is 14.0 Å². The van der Waals surface area contributed by atoms with Crippen LogP contribution in [0.2, 0.25) is 0 Å². The van der Waals surface area contributed by atoms with Gasteiger partial charge in [0.15, 0.2) is 0 Å². The summed E-state index contributed by atoms with van der Waals surface area (Å²) < 4.78 is 2.09. The van der Waals surface area contributed by atoms with E-state index in [2.05, 4.69) is 23.4 Å². The van der Waals surface area contributed by atoms with Gasteiger partial charge in [0.2, 0.25) is 0 Å². The van der Waals surface area contributed by atoms with Crippen molar-refractivity contribution in [3.63, 3.8) is 0 Å². The van der Waals surface area contributed by atoms with Crippen LogP contribution in [-0.4, -0.2) is 9.55 Å². The number of rotatable bonds is 4. The highest BCUT2D eigenvalue weighted by atomic mass is 15.1. The van der Waals surface area contributed by atoms with E-state index >= 15 is 0 Å². The first-order chi connectivity index (χ1) is 6.56. The molecular formula is C11H21N3. The number of aromatic nitrogens is 2. The van der Waals surface area contributed by atoms with Crippen molar-refractivity contribution in [3.8, 4) is 0 Å². The van der Waals surface area contributed by atoms with Gasteiger partial charge in [-0.1, -0.05) is 13.8 Å². The summed E-state index contributed by atoms with van der Waals surface area (Å²) in [4.78, 5) is 4.54. The fourth-order valence-electron chi connectivity index (χ4n) is 1.60. The molecule has 1 aromatic rings. The van der Waals surface area contributed by atoms with Crippen LogP contribution in [0.15, 0.2) is 0 Å². The van der Waals surface area contributed by atoms with Gasteiger partial charge in [0, 0.05) is 13.6 Å². The van der Waals surface area contributed by atoms with Crippen LogP contribution in [0.25, 0.3) is 0 Å². The molecule has 0 saturated carbocycles. The summed E-state index contributed by atoms with van der Waals surface area (Å²) in [5.41, 5.74) is 8.08. The largest absolute Gasteiger partial charge is 0.334 e. The summed E-state index contributed by atoms with van der Waals surface area (Å²) in [6, 6.07) is 0. The lowest BCUT2D eigenvalue weighted by Crippen LogP contribution is -2.07. The lowest BCUT2D eigenvalue weighted by atomic mass is 10.1. The van der Waals surface area contributed by atoms with Crippen LogP contribution >= 0.6 is 0 Å². The van der Waals surface area contributed by atoms with Crippen molar-refractivity contribution >= 4 is 0 Å². The summed E-state index contributed by atoms with van der Waals surface area (Å²) in [6.07, 6.45) is 2.23. The topological polar surface area (TPSA) is 43.8 Å². The Bertz CT molecular complexity index is 300. The molecule has 80 valence electrons. The Labute approximate surface area is 86.3 Å². The predicted octanol–water partition coefficient (Wildman–Crippen LogP) is 1.78. The van der Waals surface area contributed by atoms with Crippen LogP contribution in [0.4, 0.5) is 0 Å². The van der Waals surface area contributed by atoms with Crippen molar-refractivity contribution in [2.24, 2.45) is 18.7 Å². The minimum atomic E-state index is 0.588. The van der Waals surface area contributed by atoms with Gasteiger partial charge in [-0.15, -0.1) is 0 Å². The van der Waals surface area contributed by atoms with E-state index < -0.39 is 0 Å². The Morgan fingerprint density at radius 2 is 2.07 bits per heavy atom. The molecule has 3 heteroatoms. The van der Waals surface area contributed by atoms with E-state index in [-0.39, 0.29) is 0 Å². The van der Waals surface area contributed by atoms with Crippen molar-refractivity contribution < 1.29 is 0 Å².